The van der Waals surface area contributed by atoms with E-state index in [2.05, 4.69) is 0 Å². The molecule has 0 saturated carbocycles. The van der Waals surface area contributed by atoms with Crippen molar-refractivity contribution in [1.82, 2.24) is 14.9 Å². The number of hydrogen-bond acceptors (Lipinski definition) is 4. The van der Waals surface area contributed by atoms with E-state index in [9.17, 15) is 14.4 Å². The van der Waals surface area contributed by atoms with Crippen molar-refractivity contribution in [1.29, 1.82) is 0 Å². The van der Waals surface area contributed by atoms with Gasteiger partial charge in [0.25, 0.3) is 11.8 Å². The van der Waals surface area contributed by atoms with E-state index in [0.29, 0.717) is 32.5 Å². The lowest BCUT2D eigenvalue weighted by molar-refractivity contribution is -0.150. The summed E-state index contributed by atoms with van der Waals surface area (Å²) >= 11 is 0. The first-order chi connectivity index (χ1) is 10.7. The smallest absolute Gasteiger partial charge is 0.410 e. The molecule has 128 valence electrons. The maximum absolute atomic E-state index is 12.9. The van der Waals surface area contributed by atoms with Crippen LogP contribution in [0.4, 0.5) is 4.79 Å². The summed E-state index contributed by atoms with van der Waals surface area (Å²) < 4.78 is 5.41. The monoisotopic (exact) mass is 323 g/mol. The van der Waals surface area contributed by atoms with E-state index in [-0.39, 0.29) is 18.4 Å². The van der Waals surface area contributed by atoms with Gasteiger partial charge in [0.15, 0.2) is 0 Å². The van der Waals surface area contributed by atoms with Crippen molar-refractivity contribution in [3.8, 4) is 0 Å². The molecule has 3 rings (SSSR count). The molecule has 0 bridgehead atoms. The number of amides is 3. The van der Waals surface area contributed by atoms with E-state index in [1.807, 2.05) is 20.8 Å². The molecular weight excluding hydrogens is 298 g/mol. The zero-order valence-electron chi connectivity index (χ0n) is 14.1. The molecule has 0 unspecified atom stereocenters. The third-order valence-corrected chi connectivity index (χ3v) is 4.71. The number of fused-ring (bicyclic) bond motifs is 1. The van der Waals surface area contributed by atoms with Crippen molar-refractivity contribution >= 4 is 17.9 Å². The molecule has 3 amide bonds. The predicted octanol–water partition coefficient (Wildman–Crippen LogP) is 1.38. The van der Waals surface area contributed by atoms with E-state index < -0.39 is 17.1 Å². The van der Waals surface area contributed by atoms with E-state index >= 15 is 0 Å². The highest BCUT2D eigenvalue weighted by atomic mass is 16.6. The average molecular weight is 323 g/mol. The normalized spacial score (nSPS) is 24.2. The Bertz CT molecular complexity index is 516. The summed E-state index contributed by atoms with van der Waals surface area (Å²) in [7, 11) is 0. The fraction of sp³-hybridized carbons (Fsp3) is 0.812. The van der Waals surface area contributed by atoms with Crippen LogP contribution in [0.3, 0.4) is 0 Å². The van der Waals surface area contributed by atoms with Crippen LogP contribution in [0, 0.1) is 5.41 Å². The fourth-order valence-corrected chi connectivity index (χ4v) is 3.66. The molecule has 3 heterocycles. The van der Waals surface area contributed by atoms with Gasteiger partial charge in [-0.3, -0.25) is 19.6 Å². The van der Waals surface area contributed by atoms with Gasteiger partial charge in [0, 0.05) is 26.2 Å². The Labute approximate surface area is 136 Å². The summed E-state index contributed by atoms with van der Waals surface area (Å²) in [6.07, 6.45) is 2.54. The standard InChI is InChI=1S/C16H25N3O4/c1-15(2,3)23-14(22)17-8-6-7-16(11-17)12(20)18-9-4-5-10-19(18)13(16)21/h4-11H2,1-3H3. The first-order valence-electron chi connectivity index (χ1n) is 8.36. The van der Waals surface area contributed by atoms with E-state index in [0.717, 1.165) is 12.8 Å². The Hall–Kier alpha value is -1.79. The van der Waals surface area contributed by atoms with Gasteiger partial charge in [-0.1, -0.05) is 0 Å². The lowest BCUT2D eigenvalue weighted by Gasteiger charge is -2.37. The Morgan fingerprint density at radius 2 is 1.57 bits per heavy atom. The molecule has 0 N–H and O–H groups in total. The number of nitrogens with zero attached hydrogens (tertiary/aromatic N) is 3. The van der Waals surface area contributed by atoms with Crippen LogP contribution in [0.15, 0.2) is 0 Å². The molecule has 0 aromatic heterocycles. The summed E-state index contributed by atoms with van der Waals surface area (Å²) in [5.41, 5.74) is -1.69. The van der Waals surface area contributed by atoms with Gasteiger partial charge in [0.2, 0.25) is 0 Å². The fourth-order valence-electron chi connectivity index (χ4n) is 3.66. The molecule has 3 fully saturated rings. The minimum absolute atomic E-state index is 0.132. The van der Waals surface area contributed by atoms with E-state index in [4.69, 9.17) is 4.74 Å². The second-order valence-electron chi connectivity index (χ2n) is 7.65. The van der Waals surface area contributed by atoms with Crippen molar-refractivity contribution in [3.63, 3.8) is 0 Å². The summed E-state index contributed by atoms with van der Waals surface area (Å²) in [6.45, 7) is 7.27. The zero-order valence-corrected chi connectivity index (χ0v) is 14.1. The van der Waals surface area contributed by atoms with Gasteiger partial charge in [-0.2, -0.15) is 0 Å². The Balaban J connectivity index is 1.81. The van der Waals surface area contributed by atoms with Crippen molar-refractivity contribution in [2.45, 2.75) is 52.1 Å². The van der Waals surface area contributed by atoms with Gasteiger partial charge in [0.05, 0.1) is 0 Å². The van der Waals surface area contributed by atoms with Crippen LogP contribution in [0.5, 0.6) is 0 Å². The van der Waals surface area contributed by atoms with Crippen LogP contribution in [-0.2, 0) is 14.3 Å². The van der Waals surface area contributed by atoms with Crippen LogP contribution < -0.4 is 0 Å². The number of ether oxygens (including phenoxy) is 1. The van der Waals surface area contributed by atoms with Crippen LogP contribution in [-0.4, -0.2) is 64.6 Å². The Morgan fingerprint density at radius 1 is 1.00 bits per heavy atom. The van der Waals surface area contributed by atoms with Gasteiger partial charge >= 0.3 is 6.09 Å². The first kappa shape index (κ1) is 16.1. The van der Waals surface area contributed by atoms with Gasteiger partial charge in [-0.25, -0.2) is 4.79 Å². The molecule has 0 aromatic carbocycles. The van der Waals surface area contributed by atoms with Gasteiger partial charge in [-0.15, -0.1) is 0 Å². The number of carbonyl (C=O) groups excluding carboxylic acids is 3. The number of hydrazine groups is 1. The molecule has 1 spiro atoms. The molecule has 7 nitrogen and oxygen atoms in total. The van der Waals surface area contributed by atoms with Crippen LogP contribution in [0.1, 0.15) is 46.5 Å². The molecule has 0 radical (unpaired) electrons. The van der Waals surface area contributed by atoms with Crippen molar-refractivity contribution < 1.29 is 19.1 Å². The van der Waals surface area contributed by atoms with Crippen molar-refractivity contribution in [2.24, 2.45) is 5.41 Å². The highest BCUT2D eigenvalue weighted by Gasteiger charge is 2.60. The highest BCUT2D eigenvalue weighted by molar-refractivity contribution is 6.10. The number of piperidine rings is 1. The number of carbonyl (C=O) groups is 3. The van der Waals surface area contributed by atoms with Crippen LogP contribution in [0.25, 0.3) is 0 Å². The largest absolute Gasteiger partial charge is 0.444 e. The number of rotatable bonds is 0. The molecular formula is C16H25N3O4. The average Bonchev–Trinajstić information content (AvgIpc) is 2.69. The van der Waals surface area contributed by atoms with Gasteiger partial charge < -0.3 is 9.64 Å². The van der Waals surface area contributed by atoms with Crippen LogP contribution >= 0.6 is 0 Å². The predicted molar refractivity (Wildman–Crippen MR) is 82.1 cm³/mol. The highest BCUT2D eigenvalue weighted by Crippen LogP contribution is 2.41. The van der Waals surface area contributed by atoms with E-state index in [1.54, 1.807) is 10.0 Å². The Kier molecular flexibility index (Phi) is 3.77. The first-order valence-corrected chi connectivity index (χ1v) is 8.36. The van der Waals surface area contributed by atoms with Crippen molar-refractivity contribution in [2.75, 3.05) is 26.2 Å². The topological polar surface area (TPSA) is 70.2 Å². The minimum atomic E-state index is -1.10. The third-order valence-electron chi connectivity index (χ3n) is 4.71. The maximum atomic E-state index is 12.9. The van der Waals surface area contributed by atoms with Crippen molar-refractivity contribution in [3.05, 3.63) is 0 Å². The van der Waals surface area contributed by atoms with Crippen LogP contribution in [0.2, 0.25) is 0 Å². The molecule has 3 aliphatic heterocycles. The quantitative estimate of drug-likeness (QED) is 0.632. The molecule has 7 heteroatoms. The zero-order chi connectivity index (χ0) is 16.8. The summed E-state index contributed by atoms with van der Waals surface area (Å²) in [6, 6.07) is 0. The second-order valence-corrected chi connectivity index (χ2v) is 7.65. The second kappa shape index (κ2) is 5.39. The minimum Gasteiger partial charge on any atom is -0.444 e. The molecule has 0 aromatic rings. The molecule has 3 aliphatic rings. The number of hydrogen-bond donors (Lipinski definition) is 0. The lowest BCUT2D eigenvalue weighted by atomic mass is 9.79. The van der Waals surface area contributed by atoms with Gasteiger partial charge in [0.1, 0.15) is 11.0 Å². The summed E-state index contributed by atoms with van der Waals surface area (Å²) in [5.74, 6) is -0.286. The lowest BCUT2D eigenvalue weighted by Crippen LogP contribution is -2.53. The maximum Gasteiger partial charge on any atom is 0.410 e. The molecule has 0 atom stereocenters. The summed E-state index contributed by atoms with van der Waals surface area (Å²) in [4.78, 5) is 39.6. The SMILES string of the molecule is CC(C)(C)OC(=O)N1CCCC2(C1)C(=O)N1CCCCN1C2=O. The Morgan fingerprint density at radius 3 is 2.09 bits per heavy atom. The summed E-state index contributed by atoms with van der Waals surface area (Å²) in [5, 5.41) is 3.18. The van der Waals surface area contributed by atoms with Gasteiger partial charge in [-0.05, 0) is 46.5 Å². The molecule has 23 heavy (non-hydrogen) atoms. The third kappa shape index (κ3) is 2.66. The molecule has 0 aliphatic carbocycles. The molecule has 3 saturated heterocycles. The van der Waals surface area contributed by atoms with E-state index in [1.165, 1.54) is 4.90 Å². The number of likely N-dealkylation sites (tertiary alicyclic amines) is 1.